The molecule has 1 aromatic heterocycles. The number of nitrogens with zero attached hydrogens (tertiary/aromatic N) is 1. The fraction of sp³-hybridized carbons (Fsp3) is 0.304. The van der Waals surface area contributed by atoms with E-state index in [2.05, 4.69) is 15.3 Å². The molecular weight excluding hydrogens is 398 g/mol. The first-order valence-corrected chi connectivity index (χ1v) is 9.95. The van der Waals surface area contributed by atoms with E-state index in [0.717, 1.165) is 0 Å². The van der Waals surface area contributed by atoms with Crippen molar-refractivity contribution in [3.63, 3.8) is 0 Å². The lowest BCUT2D eigenvalue weighted by Gasteiger charge is -2.23. The van der Waals surface area contributed by atoms with Crippen molar-refractivity contribution in [1.29, 1.82) is 0 Å². The van der Waals surface area contributed by atoms with Crippen molar-refractivity contribution in [2.75, 3.05) is 7.11 Å². The Bertz CT molecular complexity index is 1160. The van der Waals surface area contributed by atoms with E-state index >= 15 is 0 Å². The lowest BCUT2D eigenvalue weighted by atomic mass is 10.0. The van der Waals surface area contributed by atoms with Crippen molar-refractivity contribution in [1.82, 2.24) is 15.3 Å². The van der Waals surface area contributed by atoms with E-state index < -0.39 is 24.0 Å². The van der Waals surface area contributed by atoms with Gasteiger partial charge in [-0.15, -0.1) is 0 Å². The van der Waals surface area contributed by atoms with Crippen molar-refractivity contribution in [2.24, 2.45) is 5.92 Å². The highest BCUT2D eigenvalue weighted by molar-refractivity contribution is 5.99. The Labute approximate surface area is 179 Å². The predicted molar refractivity (Wildman–Crippen MR) is 116 cm³/mol. The Hall–Kier alpha value is -3.68. The summed E-state index contributed by atoms with van der Waals surface area (Å²) in [4.78, 5) is 44.9. The topological polar surface area (TPSA) is 110 Å². The monoisotopic (exact) mass is 423 g/mol. The van der Waals surface area contributed by atoms with Crippen LogP contribution in [0, 0.1) is 5.92 Å². The SMILES string of the molecule is COc1ccccc1C(=O)N[C@H](C(=O)O[C@H](C)c1nc2ccccc2c(=O)[nH]1)C(C)C. The normalized spacial score (nSPS) is 12.9. The first kappa shape index (κ1) is 22.0. The van der Waals surface area contributed by atoms with Gasteiger partial charge in [0.25, 0.3) is 11.5 Å². The molecule has 0 aliphatic carbocycles. The number of nitrogens with one attached hydrogen (secondary N) is 2. The Morgan fingerprint density at radius 2 is 1.71 bits per heavy atom. The summed E-state index contributed by atoms with van der Waals surface area (Å²) in [5.74, 6) is -0.667. The maximum absolute atomic E-state index is 12.9. The van der Waals surface area contributed by atoms with Gasteiger partial charge in [-0.05, 0) is 37.1 Å². The molecule has 0 aliphatic heterocycles. The number of methoxy groups -OCH3 is 1. The summed E-state index contributed by atoms with van der Waals surface area (Å²) in [6, 6.07) is 12.8. The molecule has 2 N–H and O–H groups in total. The molecule has 0 radical (unpaired) electrons. The fourth-order valence-electron chi connectivity index (χ4n) is 3.15. The average Bonchev–Trinajstić information content (AvgIpc) is 2.76. The van der Waals surface area contributed by atoms with Crippen molar-refractivity contribution in [2.45, 2.75) is 32.9 Å². The first-order valence-electron chi connectivity index (χ1n) is 9.95. The number of H-pyrrole nitrogens is 1. The molecule has 0 saturated carbocycles. The molecule has 0 fully saturated rings. The van der Waals surface area contributed by atoms with Crippen LogP contribution in [-0.2, 0) is 9.53 Å². The van der Waals surface area contributed by atoms with E-state index in [4.69, 9.17) is 9.47 Å². The van der Waals surface area contributed by atoms with Gasteiger partial charge in [0.05, 0.1) is 23.6 Å². The summed E-state index contributed by atoms with van der Waals surface area (Å²) in [6.45, 7) is 5.22. The molecule has 2 atom stereocenters. The van der Waals surface area contributed by atoms with Crippen LogP contribution < -0.4 is 15.6 Å². The average molecular weight is 423 g/mol. The third-order valence-corrected chi connectivity index (χ3v) is 4.87. The second-order valence-corrected chi connectivity index (χ2v) is 7.44. The Kier molecular flexibility index (Phi) is 6.69. The lowest BCUT2D eigenvalue weighted by molar-refractivity contribution is -0.152. The maximum Gasteiger partial charge on any atom is 0.329 e. The van der Waals surface area contributed by atoms with Gasteiger partial charge in [-0.3, -0.25) is 9.59 Å². The number of hydrogen-bond acceptors (Lipinski definition) is 6. The van der Waals surface area contributed by atoms with Crippen molar-refractivity contribution in [3.05, 3.63) is 70.3 Å². The van der Waals surface area contributed by atoms with Gasteiger partial charge in [-0.25, -0.2) is 9.78 Å². The number of aromatic amines is 1. The van der Waals surface area contributed by atoms with Crippen LogP contribution >= 0.6 is 0 Å². The highest BCUT2D eigenvalue weighted by atomic mass is 16.5. The maximum atomic E-state index is 12.9. The predicted octanol–water partition coefficient (Wildman–Crippen LogP) is 2.99. The molecular formula is C23H25N3O5. The van der Waals surface area contributed by atoms with Gasteiger partial charge in [0.15, 0.2) is 11.9 Å². The van der Waals surface area contributed by atoms with E-state index in [1.807, 2.05) is 0 Å². The van der Waals surface area contributed by atoms with E-state index in [1.165, 1.54) is 7.11 Å². The van der Waals surface area contributed by atoms with Crippen LogP contribution in [0.2, 0.25) is 0 Å². The van der Waals surface area contributed by atoms with Crippen LogP contribution in [0.25, 0.3) is 10.9 Å². The highest BCUT2D eigenvalue weighted by Gasteiger charge is 2.29. The van der Waals surface area contributed by atoms with Crippen LogP contribution in [0.3, 0.4) is 0 Å². The molecule has 0 unspecified atom stereocenters. The smallest absolute Gasteiger partial charge is 0.329 e. The quantitative estimate of drug-likeness (QED) is 0.565. The zero-order valence-electron chi connectivity index (χ0n) is 17.8. The number of esters is 1. The zero-order chi connectivity index (χ0) is 22.5. The Balaban J connectivity index is 1.77. The molecule has 0 aliphatic rings. The molecule has 0 spiro atoms. The van der Waals surface area contributed by atoms with Crippen LogP contribution in [0.1, 0.15) is 43.1 Å². The number of rotatable bonds is 7. The summed E-state index contributed by atoms with van der Waals surface area (Å²) in [7, 11) is 1.47. The third-order valence-electron chi connectivity index (χ3n) is 4.87. The zero-order valence-corrected chi connectivity index (χ0v) is 17.8. The van der Waals surface area contributed by atoms with E-state index in [9.17, 15) is 14.4 Å². The molecule has 8 heteroatoms. The summed E-state index contributed by atoms with van der Waals surface area (Å²) in [5.41, 5.74) is 0.513. The number of aromatic nitrogens is 2. The lowest BCUT2D eigenvalue weighted by Crippen LogP contribution is -2.45. The number of benzene rings is 2. The van der Waals surface area contributed by atoms with E-state index in [0.29, 0.717) is 22.2 Å². The number of ether oxygens (including phenoxy) is 2. The molecule has 1 amide bonds. The summed E-state index contributed by atoms with van der Waals surface area (Å²) in [6.07, 6.45) is -0.811. The van der Waals surface area contributed by atoms with Gasteiger partial charge in [0, 0.05) is 0 Å². The number of carbonyl (C=O) groups is 2. The molecule has 0 bridgehead atoms. The number of hydrogen-bond donors (Lipinski definition) is 2. The Morgan fingerprint density at radius 1 is 1.03 bits per heavy atom. The summed E-state index contributed by atoms with van der Waals surface area (Å²) >= 11 is 0. The molecule has 0 saturated heterocycles. The van der Waals surface area contributed by atoms with E-state index in [1.54, 1.807) is 69.3 Å². The largest absolute Gasteiger partial charge is 0.496 e. The van der Waals surface area contributed by atoms with Gasteiger partial charge in [-0.2, -0.15) is 0 Å². The van der Waals surface area contributed by atoms with Gasteiger partial charge < -0.3 is 19.8 Å². The number of amides is 1. The number of fused-ring (bicyclic) bond motifs is 1. The number of para-hydroxylation sites is 2. The molecule has 2 aromatic carbocycles. The summed E-state index contributed by atoms with van der Waals surface area (Å²) < 4.78 is 10.8. The second-order valence-electron chi connectivity index (χ2n) is 7.44. The van der Waals surface area contributed by atoms with Gasteiger partial charge in [0.1, 0.15) is 11.8 Å². The third kappa shape index (κ3) is 4.91. The molecule has 3 rings (SSSR count). The highest BCUT2D eigenvalue weighted by Crippen LogP contribution is 2.19. The second kappa shape index (κ2) is 9.42. The first-order chi connectivity index (χ1) is 14.8. The van der Waals surface area contributed by atoms with Gasteiger partial charge in [-0.1, -0.05) is 38.1 Å². The molecule has 3 aromatic rings. The van der Waals surface area contributed by atoms with Crippen LogP contribution in [0.15, 0.2) is 53.3 Å². The van der Waals surface area contributed by atoms with Crippen molar-refractivity contribution >= 4 is 22.8 Å². The van der Waals surface area contributed by atoms with Crippen LogP contribution in [0.4, 0.5) is 0 Å². The van der Waals surface area contributed by atoms with Gasteiger partial charge >= 0.3 is 5.97 Å². The van der Waals surface area contributed by atoms with Crippen LogP contribution in [-0.4, -0.2) is 35.0 Å². The molecule has 1 heterocycles. The van der Waals surface area contributed by atoms with Crippen molar-refractivity contribution in [3.8, 4) is 5.75 Å². The van der Waals surface area contributed by atoms with Crippen LogP contribution in [0.5, 0.6) is 5.75 Å². The minimum atomic E-state index is -0.896. The van der Waals surface area contributed by atoms with Crippen molar-refractivity contribution < 1.29 is 19.1 Å². The van der Waals surface area contributed by atoms with Gasteiger partial charge in [0.2, 0.25) is 0 Å². The summed E-state index contributed by atoms with van der Waals surface area (Å²) in [5, 5.41) is 3.17. The molecule has 162 valence electrons. The van der Waals surface area contributed by atoms with E-state index in [-0.39, 0.29) is 17.3 Å². The minimum absolute atomic E-state index is 0.232. The molecule has 31 heavy (non-hydrogen) atoms. The standard InChI is InChI=1S/C23H25N3O5/c1-13(2)19(25-22(28)16-10-6-8-12-18(16)30-4)23(29)31-14(3)20-24-17-11-7-5-9-15(17)21(27)26-20/h5-14,19H,1-4H3,(H,25,28)(H,24,26,27)/t14-,19+/m1/s1. The minimum Gasteiger partial charge on any atom is -0.496 e. The molecule has 8 nitrogen and oxygen atoms in total. The Morgan fingerprint density at radius 3 is 2.42 bits per heavy atom. The number of carbonyl (C=O) groups excluding carboxylic acids is 2. The fourth-order valence-corrected chi connectivity index (χ4v) is 3.15.